The van der Waals surface area contributed by atoms with Crippen LogP contribution in [0.5, 0.6) is 0 Å². The van der Waals surface area contributed by atoms with Crippen LogP contribution < -0.4 is 4.89 Å². The third kappa shape index (κ3) is 62.8. The lowest BCUT2D eigenvalue weighted by Crippen LogP contribution is -2.37. The summed E-state index contributed by atoms with van der Waals surface area (Å²) in [4.78, 5) is 38.0. The summed E-state index contributed by atoms with van der Waals surface area (Å²) in [6.45, 7) is 3.96. The van der Waals surface area contributed by atoms with Gasteiger partial charge in [0.2, 0.25) is 0 Å². The Balaban J connectivity index is 4.21. The summed E-state index contributed by atoms with van der Waals surface area (Å²) in [7, 11) is 1.13. The van der Waals surface area contributed by atoms with Crippen molar-refractivity contribution in [3.05, 3.63) is 158 Å². The smallest absolute Gasteiger partial charge is 0.306 e. The number of hydrogen-bond donors (Lipinski definition) is 0. The minimum absolute atomic E-state index is 0.0448. The maximum absolute atomic E-state index is 12.8. The minimum atomic E-state index is -4.66. The topological polar surface area (TPSA) is 111 Å². The average molecular weight is 1130 g/mol. The van der Waals surface area contributed by atoms with E-state index < -0.39 is 32.5 Å². The highest BCUT2D eigenvalue weighted by molar-refractivity contribution is 7.45. The minimum Gasteiger partial charge on any atom is -0.756 e. The molecule has 80 heavy (non-hydrogen) atoms. The molecule has 2 unspecified atom stereocenters. The van der Waals surface area contributed by atoms with E-state index in [1.807, 2.05) is 21.1 Å². The molecule has 9 nitrogen and oxygen atoms in total. The van der Waals surface area contributed by atoms with Crippen LogP contribution in [-0.2, 0) is 32.7 Å². The van der Waals surface area contributed by atoms with E-state index in [2.05, 4.69) is 172 Å². The highest BCUT2D eigenvalue weighted by atomic mass is 31.2. The van der Waals surface area contributed by atoms with Crippen molar-refractivity contribution in [2.75, 3.05) is 47.5 Å². The van der Waals surface area contributed by atoms with Crippen LogP contribution >= 0.6 is 7.82 Å². The summed E-state index contributed by atoms with van der Waals surface area (Å²) in [5.41, 5.74) is 0. The standard InChI is InChI=1S/C70H114NO8P/c1-6-8-10-12-14-16-18-20-22-24-26-28-30-31-32-33-34-35-36-37-38-39-41-43-45-47-49-51-53-55-57-59-61-63-70(73)79-68(67-78-80(74,75)77-65-64-71(3,4)5)66-76-69(72)62-60-58-56-54-52-50-48-46-44-42-40-29-27-25-23-21-19-17-15-13-11-9-7-2/h8-11,14-17,20-23,26-29,31-32,34-35,37-38,42,44,48,50,68H,6-7,12-13,18-19,24-25,30,33,36,39-41,43,45-47,49,51-67H2,1-5H3/b10-8-,11-9-,16-14-,17-15-,22-20-,23-21-,28-26-,29-27-,32-31-,35-34-,38-37-,44-42-,50-48-. The number of phosphoric acid groups is 1. The van der Waals surface area contributed by atoms with E-state index in [1.165, 1.54) is 44.9 Å². The molecule has 0 aliphatic rings. The van der Waals surface area contributed by atoms with Gasteiger partial charge in [-0.1, -0.05) is 242 Å². The van der Waals surface area contributed by atoms with E-state index in [9.17, 15) is 19.0 Å². The summed E-state index contributed by atoms with van der Waals surface area (Å²) in [5.74, 6) is -0.877. The molecule has 2 atom stereocenters. The molecular weight excluding hydrogens is 1010 g/mol. The SMILES string of the molecule is CC/C=C\C/C=C\C/C=C\C/C=C\C/C=C\C/C=C\C/C=C\CCCCCCCCCCCCCC(=O)OC(COC(=O)CCCCCC/C=C\C/C=C\C/C=C\C/C=C\C/C=C\C/C=C\CC)COP(=O)([O-])OCC[N+](C)(C)C. The highest BCUT2D eigenvalue weighted by Gasteiger charge is 2.22. The summed E-state index contributed by atoms with van der Waals surface area (Å²) < 4.78 is 34.2. The molecule has 0 amide bonds. The fourth-order valence-electron chi connectivity index (χ4n) is 7.82. The van der Waals surface area contributed by atoms with Crippen molar-refractivity contribution in [3.8, 4) is 0 Å². The van der Waals surface area contributed by atoms with Gasteiger partial charge >= 0.3 is 11.9 Å². The van der Waals surface area contributed by atoms with Crippen LogP contribution in [0.25, 0.3) is 0 Å². The van der Waals surface area contributed by atoms with Crippen LogP contribution in [0.1, 0.15) is 219 Å². The van der Waals surface area contributed by atoms with Crippen LogP contribution in [0.15, 0.2) is 158 Å². The van der Waals surface area contributed by atoms with Gasteiger partial charge in [0.15, 0.2) is 6.10 Å². The van der Waals surface area contributed by atoms with Gasteiger partial charge in [-0.3, -0.25) is 14.2 Å². The summed E-state index contributed by atoms with van der Waals surface area (Å²) >= 11 is 0. The summed E-state index contributed by atoms with van der Waals surface area (Å²) in [5, 5.41) is 0. The maximum atomic E-state index is 12.8. The number of carbonyl (C=O) groups is 2. The van der Waals surface area contributed by atoms with Gasteiger partial charge in [0.1, 0.15) is 19.8 Å². The third-order valence-electron chi connectivity index (χ3n) is 12.5. The van der Waals surface area contributed by atoms with Crippen LogP contribution in [0.2, 0.25) is 0 Å². The number of carbonyl (C=O) groups excluding carboxylic acids is 2. The van der Waals surface area contributed by atoms with E-state index in [0.29, 0.717) is 23.9 Å². The lowest BCUT2D eigenvalue weighted by atomic mass is 10.0. The maximum Gasteiger partial charge on any atom is 0.306 e. The van der Waals surface area contributed by atoms with Gasteiger partial charge < -0.3 is 27.9 Å². The average Bonchev–Trinajstić information content (AvgIpc) is 3.42. The zero-order valence-electron chi connectivity index (χ0n) is 51.2. The number of ether oxygens (including phenoxy) is 2. The molecular formula is C70H114NO8P. The Kier molecular flexibility index (Phi) is 56.0. The monoisotopic (exact) mass is 1130 g/mol. The summed E-state index contributed by atoms with van der Waals surface area (Å²) in [6.07, 6.45) is 88.6. The molecule has 452 valence electrons. The number of phosphoric ester groups is 1. The number of allylic oxidation sites excluding steroid dienone is 26. The molecule has 0 heterocycles. The molecule has 0 saturated carbocycles. The number of hydrogen-bond acceptors (Lipinski definition) is 8. The van der Waals surface area contributed by atoms with Crippen molar-refractivity contribution in [2.24, 2.45) is 0 Å². The van der Waals surface area contributed by atoms with Gasteiger partial charge in [0, 0.05) is 12.8 Å². The second kappa shape index (κ2) is 59.3. The second-order valence-corrected chi connectivity index (χ2v) is 22.7. The Morgan fingerprint density at radius 1 is 0.388 bits per heavy atom. The fraction of sp³-hybridized carbons (Fsp3) is 0.600. The molecule has 10 heteroatoms. The molecule has 0 fully saturated rings. The van der Waals surface area contributed by atoms with E-state index in [0.717, 1.165) is 135 Å². The van der Waals surface area contributed by atoms with Crippen molar-refractivity contribution < 1.29 is 42.1 Å². The van der Waals surface area contributed by atoms with Crippen molar-refractivity contribution in [3.63, 3.8) is 0 Å². The van der Waals surface area contributed by atoms with Gasteiger partial charge in [0.05, 0.1) is 27.7 Å². The fourth-order valence-corrected chi connectivity index (χ4v) is 8.54. The zero-order valence-corrected chi connectivity index (χ0v) is 52.1. The Morgan fingerprint density at radius 2 is 0.675 bits per heavy atom. The van der Waals surface area contributed by atoms with E-state index in [1.54, 1.807) is 0 Å². The molecule has 0 aromatic heterocycles. The van der Waals surface area contributed by atoms with E-state index in [-0.39, 0.29) is 26.1 Å². The van der Waals surface area contributed by atoms with Crippen molar-refractivity contribution in [2.45, 2.75) is 225 Å². The Hall–Kier alpha value is -4.37. The number of unbranched alkanes of at least 4 members (excludes halogenated alkanes) is 15. The van der Waals surface area contributed by atoms with Crippen molar-refractivity contribution in [1.29, 1.82) is 0 Å². The number of nitrogens with zero attached hydrogens (tertiary/aromatic N) is 1. The molecule has 0 bridgehead atoms. The first-order valence-electron chi connectivity index (χ1n) is 31.2. The van der Waals surface area contributed by atoms with Gasteiger partial charge in [-0.15, -0.1) is 0 Å². The number of rotatable bonds is 55. The molecule has 0 aliphatic carbocycles. The molecule has 0 aromatic carbocycles. The van der Waals surface area contributed by atoms with Gasteiger partial charge in [0.25, 0.3) is 7.82 Å². The molecule has 0 spiro atoms. The lowest BCUT2D eigenvalue weighted by molar-refractivity contribution is -0.870. The van der Waals surface area contributed by atoms with Crippen molar-refractivity contribution >= 4 is 19.8 Å². The third-order valence-corrected chi connectivity index (χ3v) is 13.5. The first-order valence-corrected chi connectivity index (χ1v) is 32.7. The number of esters is 2. The van der Waals surface area contributed by atoms with E-state index >= 15 is 0 Å². The van der Waals surface area contributed by atoms with Gasteiger partial charge in [-0.2, -0.15) is 0 Å². The zero-order chi connectivity index (χ0) is 58.4. The first kappa shape index (κ1) is 75.6. The quantitative estimate of drug-likeness (QED) is 0.0195. The lowest BCUT2D eigenvalue weighted by Gasteiger charge is -2.28. The van der Waals surface area contributed by atoms with Gasteiger partial charge in [-0.05, 0) is 122 Å². The molecule has 0 aromatic rings. The Morgan fingerprint density at radius 3 is 1.00 bits per heavy atom. The van der Waals surface area contributed by atoms with Crippen LogP contribution in [0.3, 0.4) is 0 Å². The number of quaternary nitrogens is 1. The molecule has 0 rings (SSSR count). The largest absolute Gasteiger partial charge is 0.756 e. The normalized spacial score (nSPS) is 14.3. The molecule has 0 saturated heterocycles. The van der Waals surface area contributed by atoms with E-state index in [4.69, 9.17) is 18.5 Å². The second-order valence-electron chi connectivity index (χ2n) is 21.3. The van der Waals surface area contributed by atoms with Gasteiger partial charge in [-0.25, -0.2) is 0 Å². The first-order chi connectivity index (χ1) is 39.0. The summed E-state index contributed by atoms with van der Waals surface area (Å²) in [6, 6.07) is 0. The molecule has 0 aliphatic heterocycles. The van der Waals surface area contributed by atoms with Crippen molar-refractivity contribution in [1.82, 2.24) is 0 Å². The molecule has 0 N–H and O–H groups in total. The van der Waals surface area contributed by atoms with Crippen LogP contribution in [0, 0.1) is 0 Å². The van der Waals surface area contributed by atoms with Crippen LogP contribution in [0.4, 0.5) is 0 Å². The van der Waals surface area contributed by atoms with Crippen LogP contribution in [-0.4, -0.2) is 70.0 Å². The molecule has 0 radical (unpaired) electrons. The predicted octanol–water partition coefficient (Wildman–Crippen LogP) is 19.4. The predicted molar refractivity (Wildman–Crippen MR) is 341 cm³/mol. The highest BCUT2D eigenvalue weighted by Crippen LogP contribution is 2.38. The Labute approximate surface area is 490 Å². The Bertz CT molecular complexity index is 1900. The number of likely N-dealkylation sites (N-methyl/N-ethyl adjacent to an activating group) is 1.